The molecule has 5 nitrogen and oxygen atoms in total. The van der Waals surface area contributed by atoms with Crippen LogP contribution in [0.5, 0.6) is 0 Å². The molecule has 4 heterocycles. The van der Waals surface area contributed by atoms with Gasteiger partial charge in [-0.3, -0.25) is 9.97 Å². The summed E-state index contributed by atoms with van der Waals surface area (Å²) in [4.78, 5) is 21.8. The minimum absolute atomic E-state index is 0.761. The molecule has 5 heteroatoms. The highest BCUT2D eigenvalue weighted by Gasteiger charge is 2.07. The van der Waals surface area contributed by atoms with Crippen LogP contribution >= 0.6 is 0 Å². The van der Waals surface area contributed by atoms with Crippen LogP contribution < -0.4 is 0 Å². The number of hydrogen-bond acceptors (Lipinski definition) is 5. The molecular weight excluding hydrogens is 298 g/mol. The summed E-state index contributed by atoms with van der Waals surface area (Å²) in [5.74, 6) is 0. The number of nitrogens with zero attached hydrogens (tertiary/aromatic N) is 5. The zero-order valence-corrected chi connectivity index (χ0v) is 12.7. The monoisotopic (exact) mass is 311 g/mol. The average Bonchev–Trinajstić information content (AvgIpc) is 2.70. The van der Waals surface area contributed by atoms with E-state index in [1.165, 1.54) is 6.33 Å². The summed E-state index contributed by atoms with van der Waals surface area (Å²) in [6.07, 6.45) is 6.83. The lowest BCUT2D eigenvalue weighted by Crippen LogP contribution is -1.94. The number of pyridine rings is 3. The van der Waals surface area contributed by atoms with Crippen molar-refractivity contribution in [1.82, 2.24) is 24.9 Å². The molecule has 0 aromatic carbocycles. The second kappa shape index (κ2) is 6.34. The van der Waals surface area contributed by atoms with E-state index in [1.54, 1.807) is 18.6 Å². The van der Waals surface area contributed by atoms with Gasteiger partial charge in [0.2, 0.25) is 0 Å². The molecule has 0 aliphatic rings. The van der Waals surface area contributed by atoms with Crippen LogP contribution in [0.2, 0.25) is 0 Å². The SMILES string of the molecule is c1ccc(-c2cc(-c3cccc(-c4cccnc4)n3)ncn2)nc1. The van der Waals surface area contributed by atoms with Gasteiger partial charge in [0.05, 0.1) is 28.5 Å². The van der Waals surface area contributed by atoms with Gasteiger partial charge in [-0.15, -0.1) is 0 Å². The predicted octanol–water partition coefficient (Wildman–Crippen LogP) is 3.66. The molecule has 0 bridgehead atoms. The molecule has 0 saturated heterocycles. The topological polar surface area (TPSA) is 64.5 Å². The summed E-state index contributed by atoms with van der Waals surface area (Å²) in [6.45, 7) is 0. The second-order valence-electron chi connectivity index (χ2n) is 5.15. The highest BCUT2D eigenvalue weighted by Crippen LogP contribution is 2.23. The summed E-state index contributed by atoms with van der Waals surface area (Å²) in [6, 6.07) is 17.4. The summed E-state index contributed by atoms with van der Waals surface area (Å²) in [7, 11) is 0. The minimum Gasteiger partial charge on any atom is -0.264 e. The van der Waals surface area contributed by atoms with Crippen LogP contribution in [0.15, 0.2) is 79.5 Å². The Bertz CT molecular complexity index is 874. The van der Waals surface area contributed by atoms with Gasteiger partial charge in [0.15, 0.2) is 0 Å². The van der Waals surface area contributed by atoms with Crippen LogP contribution in [-0.4, -0.2) is 24.9 Å². The molecule has 4 aromatic heterocycles. The fraction of sp³-hybridized carbons (Fsp3) is 0. The average molecular weight is 311 g/mol. The molecule has 0 spiro atoms. The van der Waals surface area contributed by atoms with E-state index >= 15 is 0 Å². The largest absolute Gasteiger partial charge is 0.264 e. The zero-order chi connectivity index (χ0) is 16.2. The van der Waals surface area contributed by atoms with Gasteiger partial charge in [-0.05, 0) is 42.5 Å². The minimum atomic E-state index is 0.761. The zero-order valence-electron chi connectivity index (χ0n) is 12.7. The summed E-state index contributed by atoms with van der Waals surface area (Å²) in [5, 5.41) is 0. The van der Waals surface area contributed by atoms with Crippen molar-refractivity contribution < 1.29 is 0 Å². The van der Waals surface area contributed by atoms with Crippen molar-refractivity contribution in [2.75, 3.05) is 0 Å². The molecule has 0 aliphatic carbocycles. The van der Waals surface area contributed by atoms with Crippen LogP contribution in [-0.2, 0) is 0 Å². The lowest BCUT2D eigenvalue weighted by Gasteiger charge is -2.05. The van der Waals surface area contributed by atoms with Gasteiger partial charge in [0, 0.05) is 24.2 Å². The fourth-order valence-electron chi connectivity index (χ4n) is 2.40. The van der Waals surface area contributed by atoms with Crippen molar-refractivity contribution in [1.29, 1.82) is 0 Å². The first-order valence-electron chi connectivity index (χ1n) is 7.51. The molecule has 4 rings (SSSR count). The van der Waals surface area contributed by atoms with Gasteiger partial charge in [-0.2, -0.15) is 0 Å². The molecule has 114 valence electrons. The molecule has 0 radical (unpaired) electrons. The number of rotatable bonds is 3. The molecule has 4 aromatic rings. The molecular formula is C19H13N5. The van der Waals surface area contributed by atoms with Crippen LogP contribution in [0.1, 0.15) is 0 Å². The first kappa shape index (κ1) is 14.1. The van der Waals surface area contributed by atoms with E-state index in [2.05, 4.69) is 19.9 Å². The Labute approximate surface area is 139 Å². The Morgan fingerprint density at radius 3 is 2.21 bits per heavy atom. The third kappa shape index (κ3) is 2.87. The molecule has 0 N–H and O–H groups in total. The Kier molecular flexibility index (Phi) is 3.73. The summed E-state index contributed by atoms with van der Waals surface area (Å²) < 4.78 is 0. The van der Waals surface area contributed by atoms with Crippen molar-refractivity contribution in [2.45, 2.75) is 0 Å². The van der Waals surface area contributed by atoms with Gasteiger partial charge >= 0.3 is 0 Å². The van der Waals surface area contributed by atoms with Gasteiger partial charge < -0.3 is 0 Å². The lowest BCUT2D eigenvalue weighted by molar-refractivity contribution is 1.14. The highest BCUT2D eigenvalue weighted by molar-refractivity contribution is 5.66. The van der Waals surface area contributed by atoms with E-state index in [-0.39, 0.29) is 0 Å². The summed E-state index contributed by atoms with van der Waals surface area (Å²) in [5.41, 5.74) is 4.96. The Morgan fingerprint density at radius 2 is 1.42 bits per heavy atom. The van der Waals surface area contributed by atoms with E-state index in [0.717, 1.165) is 34.0 Å². The maximum atomic E-state index is 4.70. The van der Waals surface area contributed by atoms with Gasteiger partial charge in [-0.1, -0.05) is 12.1 Å². The normalized spacial score (nSPS) is 10.5. The molecule has 0 unspecified atom stereocenters. The van der Waals surface area contributed by atoms with Crippen LogP contribution in [0.3, 0.4) is 0 Å². The third-order valence-corrected chi connectivity index (χ3v) is 3.56. The number of hydrogen-bond donors (Lipinski definition) is 0. The Morgan fingerprint density at radius 1 is 0.583 bits per heavy atom. The predicted molar refractivity (Wildman–Crippen MR) is 91.7 cm³/mol. The van der Waals surface area contributed by atoms with Crippen molar-refractivity contribution in [3.8, 4) is 34.0 Å². The van der Waals surface area contributed by atoms with Gasteiger partial charge in [-0.25, -0.2) is 15.0 Å². The maximum Gasteiger partial charge on any atom is 0.116 e. The lowest BCUT2D eigenvalue weighted by atomic mass is 10.1. The van der Waals surface area contributed by atoms with Crippen LogP contribution in [0.4, 0.5) is 0 Å². The first-order chi connectivity index (χ1) is 11.9. The van der Waals surface area contributed by atoms with Crippen molar-refractivity contribution in [3.63, 3.8) is 0 Å². The van der Waals surface area contributed by atoms with Crippen LogP contribution in [0.25, 0.3) is 34.0 Å². The highest BCUT2D eigenvalue weighted by atomic mass is 14.9. The standard InChI is InChI=1S/C19H13N5/c1-2-10-21-16(6-1)18-11-19(23-13-22-18)17-8-3-7-15(24-17)14-5-4-9-20-12-14/h1-13H. The second-order valence-corrected chi connectivity index (χ2v) is 5.15. The molecule has 24 heavy (non-hydrogen) atoms. The number of aromatic nitrogens is 5. The molecule has 0 saturated carbocycles. The molecule has 0 fully saturated rings. The van der Waals surface area contributed by atoms with E-state index in [4.69, 9.17) is 4.98 Å². The van der Waals surface area contributed by atoms with E-state index in [9.17, 15) is 0 Å². The molecule has 0 atom stereocenters. The van der Waals surface area contributed by atoms with Crippen LogP contribution in [0, 0.1) is 0 Å². The Balaban J connectivity index is 1.75. The summed E-state index contributed by atoms with van der Waals surface area (Å²) >= 11 is 0. The van der Waals surface area contributed by atoms with Crippen molar-refractivity contribution in [2.24, 2.45) is 0 Å². The quantitative estimate of drug-likeness (QED) is 0.577. The first-order valence-corrected chi connectivity index (χ1v) is 7.51. The third-order valence-electron chi connectivity index (χ3n) is 3.56. The van der Waals surface area contributed by atoms with E-state index < -0.39 is 0 Å². The maximum absolute atomic E-state index is 4.70. The van der Waals surface area contributed by atoms with Gasteiger partial charge in [0.25, 0.3) is 0 Å². The smallest absolute Gasteiger partial charge is 0.116 e. The fourth-order valence-corrected chi connectivity index (χ4v) is 2.40. The van der Waals surface area contributed by atoms with Crippen molar-refractivity contribution in [3.05, 3.63) is 79.5 Å². The van der Waals surface area contributed by atoms with E-state index in [0.29, 0.717) is 0 Å². The molecule has 0 aliphatic heterocycles. The Hall–Kier alpha value is -3.47. The molecule has 0 amide bonds. The van der Waals surface area contributed by atoms with Gasteiger partial charge in [0.1, 0.15) is 6.33 Å². The van der Waals surface area contributed by atoms with Crippen molar-refractivity contribution >= 4 is 0 Å². The van der Waals surface area contributed by atoms with E-state index in [1.807, 2.05) is 54.6 Å².